The average Bonchev–Trinajstić information content (AvgIpc) is 3.10. The van der Waals surface area contributed by atoms with E-state index in [0.717, 1.165) is 37.7 Å². The number of aromatic nitrogens is 1. The number of amides is 1. The van der Waals surface area contributed by atoms with Crippen LogP contribution in [-0.2, 0) is 0 Å². The molecule has 22 heavy (non-hydrogen) atoms. The highest BCUT2D eigenvalue weighted by Gasteiger charge is 2.28. The molecule has 0 spiro atoms. The van der Waals surface area contributed by atoms with Gasteiger partial charge in [-0.1, -0.05) is 6.92 Å². The number of likely N-dealkylation sites (N-methyl/N-ethyl adjacent to an activating group) is 2. The molecule has 5 nitrogen and oxygen atoms in total. The first-order valence-electron chi connectivity index (χ1n) is 8.11. The minimum absolute atomic E-state index is 0.0779. The first-order chi connectivity index (χ1) is 10.5. The van der Waals surface area contributed by atoms with Gasteiger partial charge in [-0.15, -0.1) is 11.3 Å². The maximum atomic E-state index is 12.8. The van der Waals surface area contributed by atoms with E-state index in [0.29, 0.717) is 11.7 Å². The summed E-state index contributed by atoms with van der Waals surface area (Å²) in [7, 11) is 4.09. The number of thiazole rings is 1. The van der Waals surface area contributed by atoms with E-state index in [9.17, 15) is 4.79 Å². The van der Waals surface area contributed by atoms with Gasteiger partial charge in [-0.2, -0.15) is 0 Å². The van der Waals surface area contributed by atoms with E-state index in [4.69, 9.17) is 0 Å². The molecular weight excluding hydrogens is 296 g/mol. The van der Waals surface area contributed by atoms with Crippen molar-refractivity contribution in [2.75, 3.05) is 46.8 Å². The summed E-state index contributed by atoms with van der Waals surface area (Å²) in [5.74, 6) is 0.0779. The summed E-state index contributed by atoms with van der Waals surface area (Å²) in [6, 6.07) is 0.496. The molecule has 124 valence electrons. The first-order valence-corrected chi connectivity index (χ1v) is 8.99. The Morgan fingerprint density at radius 1 is 1.45 bits per heavy atom. The lowest BCUT2D eigenvalue weighted by Gasteiger charge is -2.30. The van der Waals surface area contributed by atoms with Crippen molar-refractivity contribution in [3.63, 3.8) is 0 Å². The molecule has 0 bridgehead atoms. The maximum absolute atomic E-state index is 12.8. The molecule has 0 aromatic carbocycles. The fraction of sp³-hybridized carbons (Fsp3) is 0.750. The van der Waals surface area contributed by atoms with Crippen LogP contribution in [0.1, 0.15) is 35.3 Å². The molecule has 1 amide bonds. The highest BCUT2D eigenvalue weighted by atomic mass is 32.1. The predicted molar refractivity (Wildman–Crippen MR) is 91.6 cm³/mol. The molecule has 0 unspecified atom stereocenters. The topological polar surface area (TPSA) is 39.7 Å². The highest BCUT2D eigenvalue weighted by molar-refractivity contribution is 7.09. The molecule has 1 saturated heterocycles. The van der Waals surface area contributed by atoms with Crippen molar-refractivity contribution in [1.82, 2.24) is 19.7 Å². The third-order valence-corrected chi connectivity index (χ3v) is 5.05. The zero-order valence-corrected chi connectivity index (χ0v) is 15.0. The van der Waals surface area contributed by atoms with E-state index in [1.54, 1.807) is 11.3 Å². The van der Waals surface area contributed by atoms with Crippen LogP contribution in [-0.4, -0.2) is 78.5 Å². The maximum Gasteiger partial charge on any atom is 0.273 e. The SMILES string of the molecule is CCN1CCC[C@H]1CN(CCN(C)C)C(=O)c1csc(C)n1. The van der Waals surface area contributed by atoms with Gasteiger partial charge in [0.2, 0.25) is 0 Å². The minimum atomic E-state index is 0.0779. The third kappa shape index (κ3) is 4.51. The predicted octanol–water partition coefficient (Wildman–Crippen LogP) is 1.94. The van der Waals surface area contributed by atoms with Crippen molar-refractivity contribution in [2.45, 2.75) is 32.7 Å². The number of nitrogens with zero attached hydrogens (tertiary/aromatic N) is 4. The van der Waals surface area contributed by atoms with Gasteiger partial charge in [0.25, 0.3) is 5.91 Å². The summed E-state index contributed by atoms with van der Waals surface area (Å²) in [4.78, 5) is 23.8. The van der Waals surface area contributed by atoms with Crippen molar-refractivity contribution < 1.29 is 4.79 Å². The molecule has 0 saturated carbocycles. The standard InChI is InChI=1S/C16H28N4OS/c1-5-19-8-6-7-14(19)11-20(10-9-18(3)4)16(21)15-12-22-13(2)17-15/h12,14H,5-11H2,1-4H3/t14-/m0/s1. The Bertz CT molecular complexity index is 488. The van der Waals surface area contributed by atoms with Crippen LogP contribution in [0.25, 0.3) is 0 Å². The average molecular weight is 324 g/mol. The summed E-state index contributed by atoms with van der Waals surface area (Å²) in [6.45, 7) is 8.83. The Hall–Kier alpha value is -0.980. The number of aryl methyl sites for hydroxylation is 1. The van der Waals surface area contributed by atoms with Crippen LogP contribution < -0.4 is 0 Å². The molecule has 6 heteroatoms. The summed E-state index contributed by atoms with van der Waals surface area (Å²) in [5, 5.41) is 2.83. The monoisotopic (exact) mass is 324 g/mol. The van der Waals surface area contributed by atoms with Gasteiger partial charge in [0.1, 0.15) is 5.69 Å². The Kier molecular flexibility index (Phi) is 6.35. The molecule has 0 aliphatic carbocycles. The zero-order valence-electron chi connectivity index (χ0n) is 14.2. The Labute approximate surface area is 137 Å². The Morgan fingerprint density at radius 2 is 2.23 bits per heavy atom. The van der Waals surface area contributed by atoms with Crippen molar-refractivity contribution in [1.29, 1.82) is 0 Å². The van der Waals surface area contributed by atoms with Gasteiger partial charge >= 0.3 is 0 Å². The molecule has 1 aliphatic heterocycles. The van der Waals surface area contributed by atoms with E-state index >= 15 is 0 Å². The number of hydrogen-bond acceptors (Lipinski definition) is 5. The number of likely N-dealkylation sites (tertiary alicyclic amines) is 1. The van der Waals surface area contributed by atoms with Gasteiger partial charge in [-0.25, -0.2) is 4.98 Å². The molecule has 1 aromatic heterocycles. The van der Waals surface area contributed by atoms with Crippen LogP contribution in [0.2, 0.25) is 0 Å². The van der Waals surface area contributed by atoms with E-state index in [-0.39, 0.29) is 5.91 Å². The van der Waals surface area contributed by atoms with Crippen LogP contribution in [0.3, 0.4) is 0 Å². The quantitative estimate of drug-likeness (QED) is 0.768. The van der Waals surface area contributed by atoms with E-state index in [1.165, 1.54) is 12.8 Å². The lowest BCUT2D eigenvalue weighted by atomic mass is 10.2. The molecule has 1 fully saturated rings. The second-order valence-electron chi connectivity index (χ2n) is 6.23. The van der Waals surface area contributed by atoms with Crippen LogP contribution in [0, 0.1) is 6.92 Å². The highest BCUT2D eigenvalue weighted by Crippen LogP contribution is 2.19. The minimum Gasteiger partial charge on any atom is -0.334 e. The van der Waals surface area contributed by atoms with Crippen LogP contribution in [0.4, 0.5) is 0 Å². The van der Waals surface area contributed by atoms with Gasteiger partial charge in [-0.05, 0) is 47.0 Å². The Balaban J connectivity index is 2.06. The van der Waals surface area contributed by atoms with Crippen molar-refractivity contribution >= 4 is 17.2 Å². The molecule has 0 radical (unpaired) electrons. The Morgan fingerprint density at radius 3 is 2.82 bits per heavy atom. The van der Waals surface area contributed by atoms with Crippen LogP contribution >= 0.6 is 11.3 Å². The fourth-order valence-corrected chi connectivity index (χ4v) is 3.58. The first kappa shape index (κ1) is 17.4. The molecule has 0 N–H and O–H groups in total. The zero-order chi connectivity index (χ0) is 16.1. The lowest BCUT2D eigenvalue weighted by Crippen LogP contribution is -2.45. The largest absolute Gasteiger partial charge is 0.334 e. The molecule has 1 aliphatic rings. The second-order valence-corrected chi connectivity index (χ2v) is 7.29. The molecule has 1 atom stereocenters. The fourth-order valence-electron chi connectivity index (χ4n) is 2.99. The summed E-state index contributed by atoms with van der Waals surface area (Å²) < 4.78 is 0. The normalized spacial score (nSPS) is 19.0. The summed E-state index contributed by atoms with van der Waals surface area (Å²) in [5.41, 5.74) is 0.599. The molecule has 1 aromatic rings. The molecular formula is C16H28N4OS. The van der Waals surface area contributed by atoms with Gasteiger partial charge < -0.3 is 9.80 Å². The van der Waals surface area contributed by atoms with Gasteiger partial charge in [0.05, 0.1) is 5.01 Å². The number of carbonyl (C=O) groups excluding carboxylic acids is 1. The third-order valence-electron chi connectivity index (χ3n) is 4.28. The van der Waals surface area contributed by atoms with Crippen molar-refractivity contribution in [3.8, 4) is 0 Å². The van der Waals surface area contributed by atoms with E-state index < -0.39 is 0 Å². The van der Waals surface area contributed by atoms with Gasteiger partial charge in [-0.3, -0.25) is 9.69 Å². The van der Waals surface area contributed by atoms with Crippen molar-refractivity contribution in [2.24, 2.45) is 0 Å². The number of carbonyl (C=O) groups is 1. The smallest absolute Gasteiger partial charge is 0.273 e. The van der Waals surface area contributed by atoms with E-state index in [1.807, 2.05) is 31.3 Å². The lowest BCUT2D eigenvalue weighted by molar-refractivity contribution is 0.0689. The van der Waals surface area contributed by atoms with Crippen LogP contribution in [0.15, 0.2) is 5.38 Å². The number of rotatable bonds is 7. The summed E-state index contributed by atoms with van der Waals surface area (Å²) >= 11 is 1.54. The van der Waals surface area contributed by atoms with Gasteiger partial charge in [0, 0.05) is 31.1 Å². The van der Waals surface area contributed by atoms with Crippen LogP contribution in [0.5, 0.6) is 0 Å². The number of hydrogen-bond donors (Lipinski definition) is 0. The molecule has 2 rings (SSSR count). The van der Waals surface area contributed by atoms with E-state index in [2.05, 4.69) is 21.7 Å². The molecule has 2 heterocycles. The van der Waals surface area contributed by atoms with Gasteiger partial charge in [0.15, 0.2) is 0 Å². The summed E-state index contributed by atoms with van der Waals surface area (Å²) in [6.07, 6.45) is 2.43. The second kappa shape index (κ2) is 8.04. The van der Waals surface area contributed by atoms with Crippen molar-refractivity contribution in [3.05, 3.63) is 16.1 Å².